The van der Waals surface area contributed by atoms with Crippen LogP contribution in [-0.4, -0.2) is 50.1 Å². The van der Waals surface area contributed by atoms with E-state index in [4.69, 9.17) is 0 Å². The lowest BCUT2D eigenvalue weighted by Crippen LogP contribution is -2.33. The first-order valence-electron chi connectivity index (χ1n) is 9.12. The van der Waals surface area contributed by atoms with Crippen LogP contribution >= 0.6 is 0 Å². The number of hydrogen-bond acceptors (Lipinski definition) is 3. The van der Waals surface area contributed by atoms with Gasteiger partial charge in [0.05, 0.1) is 0 Å². The highest BCUT2D eigenvalue weighted by molar-refractivity contribution is 5.98. The van der Waals surface area contributed by atoms with Gasteiger partial charge in [0.1, 0.15) is 0 Å². The zero-order valence-corrected chi connectivity index (χ0v) is 15.9. The van der Waals surface area contributed by atoms with Crippen LogP contribution in [0.15, 0.2) is 18.2 Å². The molecule has 0 aliphatic heterocycles. The monoisotopic (exact) mass is 348 g/mol. The number of nitrogens with one attached hydrogen (secondary N) is 3. The predicted octanol–water partition coefficient (Wildman–Crippen LogP) is 2.99. The maximum atomic E-state index is 12.1. The van der Waals surface area contributed by atoms with E-state index in [-0.39, 0.29) is 11.9 Å². The van der Waals surface area contributed by atoms with Gasteiger partial charge in [-0.3, -0.25) is 4.79 Å². The highest BCUT2D eigenvalue weighted by Crippen LogP contribution is 2.18. The van der Waals surface area contributed by atoms with Crippen molar-refractivity contribution in [2.75, 3.05) is 38.5 Å². The van der Waals surface area contributed by atoms with Crippen LogP contribution in [0.5, 0.6) is 0 Å². The van der Waals surface area contributed by atoms with Gasteiger partial charge in [0, 0.05) is 24.8 Å². The van der Waals surface area contributed by atoms with Crippen molar-refractivity contribution in [3.8, 4) is 0 Å². The Kier molecular flexibility index (Phi) is 9.62. The standard InChI is InChI=1S/C19H32N4O2/c1-5-12-23(13-6-2)14-8-11-21-19(25)22-17-10-7-9-16(15(17)3)18(24)20-4/h7,9-10H,5-6,8,11-14H2,1-4H3,(H,20,24)(H2,21,22,25). The van der Waals surface area contributed by atoms with Crippen molar-refractivity contribution in [2.24, 2.45) is 0 Å². The zero-order valence-electron chi connectivity index (χ0n) is 15.9. The summed E-state index contributed by atoms with van der Waals surface area (Å²) in [6, 6.07) is 5.06. The van der Waals surface area contributed by atoms with Crippen molar-refractivity contribution < 1.29 is 9.59 Å². The molecule has 0 saturated heterocycles. The van der Waals surface area contributed by atoms with E-state index in [1.807, 2.05) is 6.92 Å². The quantitative estimate of drug-likeness (QED) is 0.569. The second-order valence-corrected chi connectivity index (χ2v) is 6.13. The zero-order chi connectivity index (χ0) is 18.7. The van der Waals surface area contributed by atoms with E-state index in [1.165, 1.54) is 0 Å². The summed E-state index contributed by atoms with van der Waals surface area (Å²) in [5.74, 6) is -0.159. The maximum absolute atomic E-state index is 12.1. The molecule has 6 nitrogen and oxygen atoms in total. The number of anilines is 1. The fourth-order valence-corrected chi connectivity index (χ4v) is 2.79. The highest BCUT2D eigenvalue weighted by atomic mass is 16.2. The molecule has 1 rings (SSSR count). The van der Waals surface area contributed by atoms with E-state index in [1.54, 1.807) is 25.2 Å². The van der Waals surface area contributed by atoms with Crippen molar-refractivity contribution in [1.82, 2.24) is 15.5 Å². The number of urea groups is 1. The van der Waals surface area contributed by atoms with Gasteiger partial charge in [0.15, 0.2) is 0 Å². The average molecular weight is 348 g/mol. The van der Waals surface area contributed by atoms with E-state index < -0.39 is 0 Å². The number of carbonyl (C=O) groups is 2. The van der Waals surface area contributed by atoms with Gasteiger partial charge in [-0.15, -0.1) is 0 Å². The third-order valence-corrected chi connectivity index (χ3v) is 4.07. The Hall–Kier alpha value is -2.08. The molecule has 1 aromatic rings. The van der Waals surface area contributed by atoms with E-state index >= 15 is 0 Å². The molecule has 0 atom stereocenters. The summed E-state index contributed by atoms with van der Waals surface area (Å²) in [5, 5.41) is 8.31. The van der Waals surface area contributed by atoms with Gasteiger partial charge < -0.3 is 20.9 Å². The van der Waals surface area contributed by atoms with Crippen molar-refractivity contribution in [1.29, 1.82) is 0 Å². The number of carbonyl (C=O) groups excluding carboxylic acids is 2. The molecule has 0 aliphatic rings. The third kappa shape index (κ3) is 7.13. The topological polar surface area (TPSA) is 73.5 Å². The predicted molar refractivity (Wildman–Crippen MR) is 103 cm³/mol. The van der Waals surface area contributed by atoms with Crippen LogP contribution in [0.3, 0.4) is 0 Å². The Labute approximate surface area is 151 Å². The second kappa shape index (κ2) is 11.5. The van der Waals surface area contributed by atoms with E-state index in [9.17, 15) is 9.59 Å². The molecule has 0 bridgehead atoms. The van der Waals surface area contributed by atoms with E-state index in [2.05, 4.69) is 34.7 Å². The molecular weight excluding hydrogens is 316 g/mol. The molecule has 0 aliphatic carbocycles. The lowest BCUT2D eigenvalue weighted by Gasteiger charge is -2.20. The minimum Gasteiger partial charge on any atom is -0.355 e. The number of rotatable bonds is 10. The normalized spacial score (nSPS) is 10.6. The van der Waals surface area contributed by atoms with Crippen LogP contribution in [0.2, 0.25) is 0 Å². The molecule has 140 valence electrons. The third-order valence-electron chi connectivity index (χ3n) is 4.07. The number of amides is 3. The van der Waals surface area contributed by atoms with Crippen molar-refractivity contribution in [3.05, 3.63) is 29.3 Å². The fourth-order valence-electron chi connectivity index (χ4n) is 2.79. The average Bonchev–Trinajstić information content (AvgIpc) is 2.60. The Balaban J connectivity index is 2.46. The molecule has 0 radical (unpaired) electrons. The lowest BCUT2D eigenvalue weighted by molar-refractivity contribution is 0.0962. The summed E-state index contributed by atoms with van der Waals surface area (Å²) in [6.45, 7) is 10.0. The molecule has 25 heavy (non-hydrogen) atoms. The molecule has 1 aromatic carbocycles. The van der Waals surface area contributed by atoms with Crippen molar-refractivity contribution in [3.63, 3.8) is 0 Å². The summed E-state index contributed by atoms with van der Waals surface area (Å²) >= 11 is 0. The van der Waals surface area contributed by atoms with Gasteiger partial charge in [-0.25, -0.2) is 4.79 Å². The van der Waals surface area contributed by atoms with Gasteiger partial charge in [-0.05, 0) is 63.5 Å². The van der Waals surface area contributed by atoms with Gasteiger partial charge in [-0.1, -0.05) is 19.9 Å². The summed E-state index contributed by atoms with van der Waals surface area (Å²) in [4.78, 5) is 26.3. The number of hydrogen-bond donors (Lipinski definition) is 3. The van der Waals surface area contributed by atoms with Crippen LogP contribution in [0.1, 0.15) is 49.0 Å². The molecular formula is C19H32N4O2. The smallest absolute Gasteiger partial charge is 0.319 e. The molecule has 0 saturated carbocycles. The summed E-state index contributed by atoms with van der Waals surface area (Å²) in [5.41, 5.74) is 1.97. The lowest BCUT2D eigenvalue weighted by atomic mass is 10.1. The minimum atomic E-state index is -0.241. The number of nitrogens with zero attached hydrogens (tertiary/aromatic N) is 1. The van der Waals surface area contributed by atoms with Crippen molar-refractivity contribution in [2.45, 2.75) is 40.0 Å². The first kappa shape index (κ1) is 21.0. The summed E-state index contributed by atoms with van der Waals surface area (Å²) in [7, 11) is 1.59. The summed E-state index contributed by atoms with van der Waals surface area (Å²) in [6.07, 6.45) is 3.22. The molecule has 0 unspecified atom stereocenters. The van der Waals surface area contributed by atoms with E-state index in [0.29, 0.717) is 17.8 Å². The Morgan fingerprint density at radius 2 is 1.76 bits per heavy atom. The Morgan fingerprint density at radius 1 is 1.08 bits per heavy atom. The van der Waals surface area contributed by atoms with Crippen LogP contribution in [-0.2, 0) is 0 Å². The minimum absolute atomic E-state index is 0.159. The highest BCUT2D eigenvalue weighted by Gasteiger charge is 2.11. The first-order valence-corrected chi connectivity index (χ1v) is 9.12. The van der Waals surface area contributed by atoms with E-state index in [0.717, 1.165) is 44.5 Å². The molecule has 0 fully saturated rings. The van der Waals surface area contributed by atoms with Gasteiger partial charge in [0.2, 0.25) is 0 Å². The van der Waals surface area contributed by atoms with Gasteiger partial charge in [0.25, 0.3) is 5.91 Å². The second-order valence-electron chi connectivity index (χ2n) is 6.13. The fraction of sp³-hybridized carbons (Fsp3) is 0.579. The van der Waals surface area contributed by atoms with Crippen LogP contribution < -0.4 is 16.0 Å². The molecule has 3 amide bonds. The Bertz CT molecular complexity index is 554. The van der Waals surface area contributed by atoms with Crippen LogP contribution in [0, 0.1) is 6.92 Å². The van der Waals surface area contributed by atoms with Crippen LogP contribution in [0.4, 0.5) is 10.5 Å². The van der Waals surface area contributed by atoms with Crippen molar-refractivity contribution >= 4 is 17.6 Å². The molecule has 6 heteroatoms. The molecule has 3 N–H and O–H groups in total. The Morgan fingerprint density at radius 3 is 2.36 bits per heavy atom. The molecule has 0 heterocycles. The maximum Gasteiger partial charge on any atom is 0.319 e. The molecule has 0 aromatic heterocycles. The first-order chi connectivity index (χ1) is 12.0. The summed E-state index contributed by atoms with van der Waals surface area (Å²) < 4.78 is 0. The molecule has 0 spiro atoms. The van der Waals surface area contributed by atoms with Gasteiger partial charge in [-0.2, -0.15) is 0 Å². The van der Waals surface area contributed by atoms with Crippen LogP contribution in [0.25, 0.3) is 0 Å². The SMILES string of the molecule is CCCN(CCC)CCCNC(=O)Nc1cccc(C(=O)NC)c1C. The van der Waals surface area contributed by atoms with Gasteiger partial charge >= 0.3 is 6.03 Å². The number of benzene rings is 1. The largest absolute Gasteiger partial charge is 0.355 e.